The van der Waals surface area contributed by atoms with Gasteiger partial charge in [0.15, 0.2) is 0 Å². The number of hydrogen-bond acceptors (Lipinski definition) is 4. The Morgan fingerprint density at radius 3 is 3.00 bits per heavy atom. The smallest absolute Gasteiger partial charge is 0.228 e. The van der Waals surface area contributed by atoms with E-state index in [0.29, 0.717) is 13.0 Å². The van der Waals surface area contributed by atoms with Gasteiger partial charge in [0, 0.05) is 23.9 Å². The van der Waals surface area contributed by atoms with Crippen LogP contribution in [0.2, 0.25) is 0 Å². The van der Waals surface area contributed by atoms with Gasteiger partial charge in [-0.2, -0.15) is 0 Å². The van der Waals surface area contributed by atoms with Crippen LogP contribution in [0.1, 0.15) is 16.3 Å². The van der Waals surface area contributed by atoms with E-state index in [2.05, 4.69) is 11.1 Å². The highest BCUT2D eigenvalue weighted by molar-refractivity contribution is 7.09. The first-order valence-electron chi connectivity index (χ1n) is 7.53. The van der Waals surface area contributed by atoms with Crippen LogP contribution in [0.5, 0.6) is 5.75 Å². The van der Waals surface area contributed by atoms with Crippen molar-refractivity contribution in [1.82, 2.24) is 9.88 Å². The molecule has 0 unspecified atom stereocenters. The van der Waals surface area contributed by atoms with Gasteiger partial charge in [-0.1, -0.05) is 18.2 Å². The molecule has 1 aromatic carbocycles. The van der Waals surface area contributed by atoms with E-state index in [1.54, 1.807) is 11.3 Å². The van der Waals surface area contributed by atoms with Gasteiger partial charge in [0.1, 0.15) is 5.75 Å². The molecule has 0 N–H and O–H groups in total. The van der Waals surface area contributed by atoms with Crippen LogP contribution in [0.25, 0.3) is 0 Å². The van der Waals surface area contributed by atoms with Gasteiger partial charge >= 0.3 is 0 Å². The number of carbonyl (C=O) groups is 1. The maximum atomic E-state index is 12.3. The minimum Gasteiger partial charge on any atom is -0.493 e. The molecule has 1 amide bonds. The summed E-state index contributed by atoms with van der Waals surface area (Å²) in [6.45, 7) is 4.27. The molecule has 22 heavy (non-hydrogen) atoms. The van der Waals surface area contributed by atoms with Crippen molar-refractivity contribution in [3.05, 3.63) is 45.9 Å². The first-order valence-corrected chi connectivity index (χ1v) is 8.41. The largest absolute Gasteiger partial charge is 0.493 e. The van der Waals surface area contributed by atoms with Gasteiger partial charge in [-0.3, -0.25) is 4.79 Å². The van der Waals surface area contributed by atoms with Crippen LogP contribution in [0.4, 0.5) is 0 Å². The number of para-hydroxylation sites is 1. The molecule has 1 fully saturated rings. The van der Waals surface area contributed by atoms with Crippen molar-refractivity contribution in [1.29, 1.82) is 0 Å². The minimum absolute atomic E-state index is 0.113. The summed E-state index contributed by atoms with van der Waals surface area (Å²) in [4.78, 5) is 18.6. The van der Waals surface area contributed by atoms with E-state index >= 15 is 0 Å². The molecule has 1 saturated heterocycles. The molecule has 114 valence electrons. The van der Waals surface area contributed by atoms with Crippen LogP contribution in [0.3, 0.4) is 0 Å². The molecule has 0 aliphatic carbocycles. The van der Waals surface area contributed by atoms with Gasteiger partial charge in [0.2, 0.25) is 5.91 Å². The van der Waals surface area contributed by atoms with E-state index in [4.69, 9.17) is 4.74 Å². The topological polar surface area (TPSA) is 42.4 Å². The van der Waals surface area contributed by atoms with Crippen LogP contribution in [-0.2, 0) is 17.6 Å². The summed E-state index contributed by atoms with van der Waals surface area (Å²) < 4.78 is 5.88. The Kier molecular flexibility index (Phi) is 3.18. The number of benzene rings is 1. The number of aromatic nitrogens is 1. The Labute approximate surface area is 133 Å². The summed E-state index contributed by atoms with van der Waals surface area (Å²) in [6, 6.07) is 8.20. The number of amides is 1. The second-order valence-corrected chi connectivity index (χ2v) is 7.42. The predicted octanol–water partition coefficient (Wildman–Crippen LogP) is 2.46. The lowest BCUT2D eigenvalue weighted by molar-refractivity contribution is -0.145. The molecule has 2 aliphatic heterocycles. The number of rotatable bonds is 2. The van der Waals surface area contributed by atoms with Crippen LogP contribution < -0.4 is 4.74 Å². The molecule has 4 rings (SSSR count). The van der Waals surface area contributed by atoms with Crippen LogP contribution in [0.15, 0.2) is 29.6 Å². The van der Waals surface area contributed by atoms with Crippen molar-refractivity contribution in [2.24, 2.45) is 5.41 Å². The van der Waals surface area contributed by atoms with E-state index in [1.807, 2.05) is 35.4 Å². The summed E-state index contributed by atoms with van der Waals surface area (Å²) in [7, 11) is 0. The molecule has 3 heterocycles. The Bertz CT molecular complexity index is 719. The highest BCUT2D eigenvalue weighted by Gasteiger charge is 2.47. The van der Waals surface area contributed by atoms with Crippen molar-refractivity contribution in [2.75, 3.05) is 19.7 Å². The third-order valence-electron chi connectivity index (χ3n) is 4.48. The average molecular weight is 314 g/mol. The van der Waals surface area contributed by atoms with Gasteiger partial charge in [0.25, 0.3) is 0 Å². The van der Waals surface area contributed by atoms with E-state index in [0.717, 1.165) is 36.0 Å². The number of carbonyl (C=O) groups excluding carboxylic acids is 1. The Morgan fingerprint density at radius 2 is 2.23 bits per heavy atom. The number of aryl methyl sites for hydroxylation is 1. The summed E-state index contributed by atoms with van der Waals surface area (Å²) >= 11 is 1.60. The standard InChI is InChI=1S/C17H18N2O2S/c1-12-18-14(8-22-12)6-16(20)19-9-17(10-19)7-13-4-2-3-5-15(13)21-11-17/h2-5,8H,6-7,9-11H2,1H3. The van der Waals surface area contributed by atoms with Crippen molar-refractivity contribution in [2.45, 2.75) is 19.8 Å². The third-order valence-corrected chi connectivity index (χ3v) is 5.30. The molecular formula is C17H18N2O2S. The van der Waals surface area contributed by atoms with E-state index in [9.17, 15) is 4.79 Å². The van der Waals surface area contributed by atoms with E-state index in [1.165, 1.54) is 5.56 Å². The number of nitrogens with zero attached hydrogens (tertiary/aromatic N) is 2. The van der Waals surface area contributed by atoms with Crippen molar-refractivity contribution in [3.63, 3.8) is 0 Å². The predicted molar refractivity (Wildman–Crippen MR) is 85.2 cm³/mol. The van der Waals surface area contributed by atoms with E-state index in [-0.39, 0.29) is 11.3 Å². The fraction of sp³-hybridized carbons (Fsp3) is 0.412. The van der Waals surface area contributed by atoms with Gasteiger partial charge in [-0.15, -0.1) is 11.3 Å². The molecule has 0 saturated carbocycles. The quantitative estimate of drug-likeness (QED) is 0.855. The van der Waals surface area contributed by atoms with Gasteiger partial charge < -0.3 is 9.64 Å². The highest BCUT2D eigenvalue weighted by atomic mass is 32.1. The lowest BCUT2D eigenvalue weighted by Gasteiger charge is -2.51. The van der Waals surface area contributed by atoms with Crippen LogP contribution in [0, 0.1) is 12.3 Å². The first-order chi connectivity index (χ1) is 10.6. The van der Waals surface area contributed by atoms with Crippen molar-refractivity contribution in [3.8, 4) is 5.75 Å². The molecule has 1 spiro atoms. The molecule has 4 nitrogen and oxygen atoms in total. The molecule has 0 atom stereocenters. The second kappa shape index (κ2) is 5.09. The van der Waals surface area contributed by atoms with Crippen molar-refractivity contribution >= 4 is 17.2 Å². The molecule has 2 aromatic rings. The van der Waals surface area contributed by atoms with Crippen LogP contribution >= 0.6 is 11.3 Å². The molecule has 1 aromatic heterocycles. The minimum atomic E-state index is 0.113. The first kappa shape index (κ1) is 13.8. The van der Waals surface area contributed by atoms with Gasteiger partial charge in [0.05, 0.1) is 23.7 Å². The fourth-order valence-corrected chi connectivity index (χ4v) is 3.99. The maximum absolute atomic E-state index is 12.3. The number of fused-ring (bicyclic) bond motifs is 1. The average Bonchev–Trinajstić information content (AvgIpc) is 2.89. The maximum Gasteiger partial charge on any atom is 0.228 e. The summed E-state index contributed by atoms with van der Waals surface area (Å²) in [6.07, 6.45) is 1.42. The fourth-order valence-electron chi connectivity index (χ4n) is 3.38. The Balaban J connectivity index is 1.39. The molecule has 2 aliphatic rings. The summed E-state index contributed by atoms with van der Waals surface area (Å²) in [5.74, 6) is 1.17. The highest BCUT2D eigenvalue weighted by Crippen LogP contribution is 2.41. The third kappa shape index (κ3) is 2.39. The monoisotopic (exact) mass is 314 g/mol. The Morgan fingerprint density at radius 1 is 1.41 bits per heavy atom. The zero-order valence-corrected chi connectivity index (χ0v) is 13.4. The second-order valence-electron chi connectivity index (χ2n) is 6.36. The zero-order chi connectivity index (χ0) is 15.2. The molecular weight excluding hydrogens is 296 g/mol. The number of likely N-dealkylation sites (tertiary alicyclic amines) is 1. The normalized spacial score (nSPS) is 18.5. The lowest BCUT2D eigenvalue weighted by Crippen LogP contribution is -2.63. The molecule has 5 heteroatoms. The molecule has 0 bridgehead atoms. The summed E-state index contributed by atoms with van der Waals surface area (Å²) in [5, 5.41) is 2.99. The number of ether oxygens (including phenoxy) is 1. The number of thiazole rings is 1. The SMILES string of the molecule is Cc1nc(CC(=O)N2CC3(COc4ccccc4C3)C2)cs1. The van der Waals surface area contributed by atoms with Crippen LogP contribution in [-0.4, -0.2) is 35.5 Å². The van der Waals surface area contributed by atoms with E-state index < -0.39 is 0 Å². The Hall–Kier alpha value is -1.88. The lowest BCUT2D eigenvalue weighted by atomic mass is 9.74. The van der Waals surface area contributed by atoms with Gasteiger partial charge in [-0.25, -0.2) is 4.98 Å². The van der Waals surface area contributed by atoms with Gasteiger partial charge in [-0.05, 0) is 25.0 Å². The number of hydrogen-bond donors (Lipinski definition) is 0. The summed E-state index contributed by atoms with van der Waals surface area (Å²) in [5.41, 5.74) is 2.26. The zero-order valence-electron chi connectivity index (χ0n) is 12.5. The molecule has 0 radical (unpaired) electrons. The van der Waals surface area contributed by atoms with Crippen molar-refractivity contribution < 1.29 is 9.53 Å².